The first kappa shape index (κ1) is 13.1. The number of rotatable bonds is 5. The highest BCUT2D eigenvalue weighted by Crippen LogP contribution is 2.15. The highest BCUT2D eigenvalue weighted by Gasteiger charge is 2.04. The van der Waals surface area contributed by atoms with Crippen molar-refractivity contribution in [2.45, 2.75) is 19.4 Å². The van der Waals surface area contributed by atoms with Crippen LogP contribution in [0.25, 0.3) is 0 Å². The van der Waals surface area contributed by atoms with E-state index in [1.54, 1.807) is 0 Å². The maximum absolute atomic E-state index is 5.87. The molecule has 3 heteroatoms. The molecule has 0 aliphatic carbocycles. The van der Waals surface area contributed by atoms with Crippen molar-refractivity contribution in [2.75, 3.05) is 6.54 Å². The number of hydrogen-bond acceptors (Lipinski definition) is 2. The summed E-state index contributed by atoms with van der Waals surface area (Å²) in [5, 5.41) is 4.26. The predicted molar refractivity (Wildman–Crippen MR) is 75.8 cm³/mol. The molecule has 94 valence electrons. The highest BCUT2D eigenvalue weighted by molar-refractivity contribution is 6.30. The second-order valence-electron chi connectivity index (χ2n) is 4.30. The van der Waals surface area contributed by atoms with E-state index in [4.69, 9.17) is 11.6 Å². The lowest BCUT2D eigenvalue weighted by molar-refractivity contribution is 0.574. The van der Waals surface area contributed by atoms with E-state index in [1.165, 1.54) is 5.56 Å². The van der Waals surface area contributed by atoms with Gasteiger partial charge in [-0.15, -0.1) is 0 Å². The molecule has 2 nitrogen and oxygen atoms in total. The van der Waals surface area contributed by atoms with Gasteiger partial charge in [0.1, 0.15) is 0 Å². The maximum atomic E-state index is 5.87. The number of aromatic nitrogens is 1. The van der Waals surface area contributed by atoms with Crippen LogP contribution >= 0.6 is 11.6 Å². The molecule has 0 saturated carbocycles. The second-order valence-corrected chi connectivity index (χ2v) is 4.73. The Labute approximate surface area is 113 Å². The molecule has 1 aromatic carbocycles. The van der Waals surface area contributed by atoms with Gasteiger partial charge < -0.3 is 5.32 Å². The Balaban J connectivity index is 1.81. The molecule has 0 fully saturated rings. The van der Waals surface area contributed by atoms with Gasteiger partial charge in [0, 0.05) is 35.9 Å². The molecule has 0 amide bonds. The van der Waals surface area contributed by atoms with Crippen molar-refractivity contribution in [2.24, 2.45) is 0 Å². The molecule has 18 heavy (non-hydrogen) atoms. The highest BCUT2D eigenvalue weighted by atomic mass is 35.5. The van der Waals surface area contributed by atoms with Gasteiger partial charge in [-0.25, -0.2) is 0 Å². The summed E-state index contributed by atoms with van der Waals surface area (Å²) in [5.41, 5.74) is 2.37. The van der Waals surface area contributed by atoms with Gasteiger partial charge in [0.25, 0.3) is 0 Å². The molecule has 2 rings (SSSR count). The third-order valence-corrected chi connectivity index (χ3v) is 3.18. The van der Waals surface area contributed by atoms with Crippen LogP contribution in [0.2, 0.25) is 5.02 Å². The Morgan fingerprint density at radius 2 is 1.94 bits per heavy atom. The number of benzene rings is 1. The Hall–Kier alpha value is -1.38. The molecule has 1 atom stereocenters. The zero-order valence-corrected chi connectivity index (χ0v) is 11.2. The largest absolute Gasteiger partial charge is 0.310 e. The van der Waals surface area contributed by atoms with Crippen molar-refractivity contribution in [3.05, 3.63) is 64.9 Å². The van der Waals surface area contributed by atoms with E-state index < -0.39 is 0 Å². The number of pyridine rings is 1. The number of nitrogens with zero attached hydrogens (tertiary/aromatic N) is 1. The van der Waals surface area contributed by atoms with Crippen LogP contribution in [-0.2, 0) is 6.42 Å². The first-order valence-corrected chi connectivity index (χ1v) is 6.52. The minimum absolute atomic E-state index is 0.325. The van der Waals surface area contributed by atoms with Crippen molar-refractivity contribution in [3.63, 3.8) is 0 Å². The van der Waals surface area contributed by atoms with Crippen LogP contribution in [0.1, 0.15) is 24.2 Å². The fraction of sp³-hybridized carbons (Fsp3) is 0.267. The summed E-state index contributed by atoms with van der Waals surface area (Å²) in [4.78, 5) is 4.30. The minimum atomic E-state index is 0.325. The van der Waals surface area contributed by atoms with Gasteiger partial charge in [-0.3, -0.25) is 4.98 Å². The summed E-state index contributed by atoms with van der Waals surface area (Å²) in [5.74, 6) is 0. The van der Waals surface area contributed by atoms with E-state index in [1.807, 2.05) is 30.5 Å². The van der Waals surface area contributed by atoms with Gasteiger partial charge in [-0.05, 0) is 36.8 Å². The molecule has 0 aliphatic heterocycles. The fourth-order valence-electron chi connectivity index (χ4n) is 1.83. The van der Waals surface area contributed by atoms with Crippen LogP contribution in [0.15, 0.2) is 48.7 Å². The molecule has 0 spiro atoms. The summed E-state index contributed by atoms with van der Waals surface area (Å²) in [6.45, 7) is 3.07. The van der Waals surface area contributed by atoms with E-state index in [0.29, 0.717) is 6.04 Å². The molecule has 1 unspecified atom stereocenters. The monoisotopic (exact) mass is 260 g/mol. The van der Waals surface area contributed by atoms with Crippen molar-refractivity contribution in [3.8, 4) is 0 Å². The second kappa shape index (κ2) is 6.53. The van der Waals surface area contributed by atoms with Gasteiger partial charge >= 0.3 is 0 Å². The van der Waals surface area contributed by atoms with Crippen molar-refractivity contribution >= 4 is 11.6 Å². The Morgan fingerprint density at radius 3 is 2.61 bits per heavy atom. The summed E-state index contributed by atoms with van der Waals surface area (Å²) in [6.07, 6.45) is 2.77. The van der Waals surface area contributed by atoms with Crippen LogP contribution in [0.3, 0.4) is 0 Å². The fourth-order valence-corrected chi connectivity index (χ4v) is 1.96. The SMILES string of the molecule is CC(NCCc1ccccn1)c1ccc(Cl)cc1. The zero-order chi connectivity index (χ0) is 12.8. The molecule has 2 aromatic rings. The molecule has 0 radical (unpaired) electrons. The predicted octanol–water partition coefficient (Wildman–Crippen LogP) is 3.63. The van der Waals surface area contributed by atoms with Gasteiger partial charge in [0.15, 0.2) is 0 Å². The van der Waals surface area contributed by atoms with Crippen LogP contribution in [0, 0.1) is 0 Å². The average molecular weight is 261 g/mol. The molecule has 1 N–H and O–H groups in total. The van der Waals surface area contributed by atoms with Crippen LogP contribution in [0.5, 0.6) is 0 Å². The first-order chi connectivity index (χ1) is 8.75. The summed E-state index contributed by atoms with van der Waals surface area (Å²) < 4.78 is 0. The lowest BCUT2D eigenvalue weighted by atomic mass is 10.1. The quantitative estimate of drug-likeness (QED) is 0.888. The topological polar surface area (TPSA) is 24.9 Å². The molecular formula is C15H17ClN2. The number of hydrogen-bond donors (Lipinski definition) is 1. The Morgan fingerprint density at radius 1 is 1.17 bits per heavy atom. The Bertz CT molecular complexity index is 468. The van der Waals surface area contributed by atoms with Crippen molar-refractivity contribution in [1.29, 1.82) is 0 Å². The van der Waals surface area contributed by atoms with Gasteiger partial charge in [-0.2, -0.15) is 0 Å². The average Bonchev–Trinajstić information content (AvgIpc) is 2.40. The summed E-state index contributed by atoms with van der Waals surface area (Å²) >= 11 is 5.87. The summed E-state index contributed by atoms with van der Waals surface area (Å²) in [7, 11) is 0. The summed E-state index contributed by atoms with van der Waals surface area (Å²) in [6, 6.07) is 14.3. The maximum Gasteiger partial charge on any atom is 0.0416 e. The van der Waals surface area contributed by atoms with Gasteiger partial charge in [-0.1, -0.05) is 29.8 Å². The molecule has 0 aliphatic rings. The van der Waals surface area contributed by atoms with Crippen molar-refractivity contribution < 1.29 is 0 Å². The third-order valence-electron chi connectivity index (χ3n) is 2.93. The molecule has 0 saturated heterocycles. The van der Waals surface area contributed by atoms with E-state index in [-0.39, 0.29) is 0 Å². The van der Waals surface area contributed by atoms with E-state index in [9.17, 15) is 0 Å². The van der Waals surface area contributed by atoms with Crippen LogP contribution < -0.4 is 5.32 Å². The third kappa shape index (κ3) is 3.83. The minimum Gasteiger partial charge on any atom is -0.310 e. The number of halogens is 1. The Kier molecular flexibility index (Phi) is 4.73. The number of nitrogens with one attached hydrogen (secondary N) is 1. The van der Waals surface area contributed by atoms with E-state index >= 15 is 0 Å². The van der Waals surface area contributed by atoms with Gasteiger partial charge in [0.05, 0.1) is 0 Å². The molecular weight excluding hydrogens is 244 g/mol. The molecule has 1 aromatic heterocycles. The van der Waals surface area contributed by atoms with Gasteiger partial charge in [0.2, 0.25) is 0 Å². The standard InChI is InChI=1S/C15H17ClN2/c1-12(13-5-7-14(16)8-6-13)17-11-9-15-4-2-3-10-18-15/h2-8,10,12,17H,9,11H2,1H3. The lowest BCUT2D eigenvalue weighted by Gasteiger charge is -2.14. The van der Waals surface area contributed by atoms with E-state index in [0.717, 1.165) is 23.7 Å². The van der Waals surface area contributed by atoms with Crippen LogP contribution in [-0.4, -0.2) is 11.5 Å². The van der Waals surface area contributed by atoms with Crippen LogP contribution in [0.4, 0.5) is 0 Å². The van der Waals surface area contributed by atoms with E-state index in [2.05, 4.69) is 35.4 Å². The first-order valence-electron chi connectivity index (χ1n) is 6.14. The zero-order valence-electron chi connectivity index (χ0n) is 10.4. The molecule has 0 bridgehead atoms. The normalized spacial score (nSPS) is 12.3. The smallest absolute Gasteiger partial charge is 0.0416 e. The molecule has 1 heterocycles. The van der Waals surface area contributed by atoms with Crippen molar-refractivity contribution in [1.82, 2.24) is 10.3 Å². The lowest BCUT2D eigenvalue weighted by Crippen LogP contribution is -2.21.